The van der Waals surface area contributed by atoms with Gasteiger partial charge in [0, 0.05) is 26.2 Å². The average Bonchev–Trinajstić information content (AvgIpc) is 3.52. The van der Waals surface area contributed by atoms with Gasteiger partial charge in [-0.2, -0.15) is 0 Å². The third kappa shape index (κ3) is 2.93. The quantitative estimate of drug-likeness (QED) is 0.435. The molecular formula is C17H17N7O5S. The Hall–Kier alpha value is -3.35. The maximum absolute atomic E-state index is 11.9. The number of nitro benzene ring substituents is 2. The van der Waals surface area contributed by atoms with E-state index in [0.29, 0.717) is 10.7 Å². The first-order valence-electron chi connectivity index (χ1n) is 9.63. The van der Waals surface area contributed by atoms with E-state index in [1.807, 2.05) is 0 Å². The highest BCUT2D eigenvalue weighted by atomic mass is 32.1. The Morgan fingerprint density at radius 3 is 2.13 bits per heavy atom. The summed E-state index contributed by atoms with van der Waals surface area (Å²) in [5, 5.41) is 31.6. The molecule has 2 aromatic heterocycles. The van der Waals surface area contributed by atoms with Gasteiger partial charge in [-0.25, -0.2) is 9.61 Å². The fraction of sp³-hybridized carbons (Fsp3) is 0.471. The molecule has 0 atom stereocenters. The number of thiazole rings is 1. The van der Waals surface area contributed by atoms with Gasteiger partial charge in [0.2, 0.25) is 5.52 Å². The summed E-state index contributed by atoms with van der Waals surface area (Å²) < 4.78 is 4.76. The zero-order valence-corrected chi connectivity index (χ0v) is 16.6. The van der Waals surface area contributed by atoms with E-state index in [-0.39, 0.29) is 16.6 Å². The molecule has 2 aliphatic rings. The standard InChI is InChI=1S/C17H17N7O5S/c25-23(26)10-9-11(24(27)28)13-14(20-29-19-13)12(10)15-16(21-5-1-2-6-21)18-17(30-15)22-7-3-4-8-22/h9H,1-8H2. The van der Waals surface area contributed by atoms with E-state index < -0.39 is 21.2 Å². The first-order valence-corrected chi connectivity index (χ1v) is 10.5. The highest BCUT2D eigenvalue weighted by Crippen LogP contribution is 2.48. The number of benzene rings is 1. The number of rotatable bonds is 5. The van der Waals surface area contributed by atoms with Gasteiger partial charge in [0.05, 0.1) is 20.8 Å². The van der Waals surface area contributed by atoms with E-state index in [0.717, 1.165) is 63.1 Å². The molecule has 2 saturated heterocycles. The molecule has 1 aromatic carbocycles. The number of nitrogens with zero attached hydrogens (tertiary/aromatic N) is 7. The normalized spacial score (nSPS) is 16.7. The topological polar surface area (TPSA) is 145 Å². The van der Waals surface area contributed by atoms with Crippen molar-refractivity contribution >= 4 is 44.7 Å². The summed E-state index contributed by atoms with van der Waals surface area (Å²) >= 11 is 1.35. The minimum Gasteiger partial charge on any atom is -0.355 e. The molecule has 13 heteroatoms. The van der Waals surface area contributed by atoms with Crippen LogP contribution in [0, 0.1) is 20.2 Å². The van der Waals surface area contributed by atoms with Crippen molar-refractivity contribution < 1.29 is 14.5 Å². The van der Waals surface area contributed by atoms with E-state index in [9.17, 15) is 20.2 Å². The number of non-ortho nitro benzene ring substituents is 1. The molecule has 2 aliphatic heterocycles. The molecule has 0 saturated carbocycles. The summed E-state index contributed by atoms with van der Waals surface area (Å²) in [4.78, 5) is 31.7. The molecule has 12 nitrogen and oxygen atoms in total. The van der Waals surface area contributed by atoms with Gasteiger partial charge in [-0.1, -0.05) is 11.3 Å². The van der Waals surface area contributed by atoms with Gasteiger partial charge in [0.25, 0.3) is 5.69 Å². The van der Waals surface area contributed by atoms with Gasteiger partial charge >= 0.3 is 5.69 Å². The molecule has 0 aliphatic carbocycles. The number of anilines is 2. The van der Waals surface area contributed by atoms with Crippen molar-refractivity contribution in [1.29, 1.82) is 0 Å². The third-order valence-corrected chi connectivity index (χ3v) is 6.62. The molecule has 0 radical (unpaired) electrons. The van der Waals surface area contributed by atoms with Gasteiger partial charge in [-0.3, -0.25) is 20.2 Å². The maximum atomic E-state index is 11.9. The van der Waals surface area contributed by atoms with Gasteiger partial charge in [-0.15, -0.1) is 0 Å². The van der Waals surface area contributed by atoms with Crippen LogP contribution in [0.2, 0.25) is 0 Å². The molecule has 0 unspecified atom stereocenters. The summed E-state index contributed by atoms with van der Waals surface area (Å²) in [6.45, 7) is 3.37. The lowest BCUT2D eigenvalue weighted by Crippen LogP contribution is -2.20. The number of hydrogen-bond acceptors (Lipinski definition) is 11. The largest absolute Gasteiger partial charge is 0.355 e. The Labute approximate surface area is 173 Å². The Kier molecular flexibility index (Phi) is 4.46. The average molecular weight is 431 g/mol. The molecule has 0 amide bonds. The molecule has 4 heterocycles. The summed E-state index contributed by atoms with van der Waals surface area (Å²) in [5.74, 6) is 0.653. The predicted molar refractivity (Wildman–Crippen MR) is 109 cm³/mol. The highest BCUT2D eigenvalue weighted by Gasteiger charge is 2.35. The Bertz CT molecular complexity index is 1150. The van der Waals surface area contributed by atoms with Crippen molar-refractivity contribution in [3.05, 3.63) is 26.3 Å². The highest BCUT2D eigenvalue weighted by molar-refractivity contribution is 7.19. The summed E-state index contributed by atoms with van der Waals surface area (Å²) in [7, 11) is 0. The first kappa shape index (κ1) is 18.7. The van der Waals surface area contributed by atoms with E-state index in [2.05, 4.69) is 20.1 Å². The Balaban J connectivity index is 1.78. The molecule has 0 N–H and O–H groups in total. The lowest BCUT2D eigenvalue weighted by atomic mass is 10.1. The minimum absolute atomic E-state index is 0.00738. The van der Waals surface area contributed by atoms with Crippen molar-refractivity contribution in [3.8, 4) is 10.4 Å². The van der Waals surface area contributed by atoms with Gasteiger partial charge in [0.1, 0.15) is 11.4 Å². The van der Waals surface area contributed by atoms with Crippen molar-refractivity contribution in [2.45, 2.75) is 25.7 Å². The number of nitro groups is 2. The molecule has 3 aromatic rings. The van der Waals surface area contributed by atoms with Gasteiger partial charge in [-0.05, 0) is 36.0 Å². The predicted octanol–water partition coefficient (Wildman–Crippen LogP) is 3.36. The second-order valence-corrected chi connectivity index (χ2v) is 8.28. The van der Waals surface area contributed by atoms with Crippen LogP contribution in [0.5, 0.6) is 0 Å². The van der Waals surface area contributed by atoms with Crippen LogP contribution in [-0.2, 0) is 0 Å². The van der Waals surface area contributed by atoms with Gasteiger partial charge < -0.3 is 9.80 Å². The van der Waals surface area contributed by atoms with Crippen LogP contribution in [-0.4, -0.2) is 51.3 Å². The molecule has 0 bridgehead atoms. The fourth-order valence-corrected chi connectivity index (χ4v) is 5.27. The SMILES string of the molecule is O=[N+]([O-])c1cc([N+](=O)[O-])c2nonc2c1-c1sc(N2CCCC2)nc1N1CCCC1. The summed E-state index contributed by atoms with van der Waals surface area (Å²) in [6.07, 6.45) is 4.17. The number of aromatic nitrogens is 3. The Morgan fingerprint density at radius 2 is 1.50 bits per heavy atom. The van der Waals surface area contributed by atoms with Crippen LogP contribution >= 0.6 is 11.3 Å². The first-order chi connectivity index (χ1) is 14.5. The van der Waals surface area contributed by atoms with Crippen molar-refractivity contribution in [2.24, 2.45) is 0 Å². The lowest BCUT2D eigenvalue weighted by molar-refractivity contribution is -0.392. The van der Waals surface area contributed by atoms with Crippen molar-refractivity contribution in [1.82, 2.24) is 15.3 Å². The van der Waals surface area contributed by atoms with E-state index in [1.54, 1.807) is 0 Å². The monoisotopic (exact) mass is 431 g/mol. The fourth-order valence-electron chi connectivity index (χ4n) is 4.07. The van der Waals surface area contributed by atoms with E-state index >= 15 is 0 Å². The van der Waals surface area contributed by atoms with E-state index in [4.69, 9.17) is 9.61 Å². The zero-order valence-electron chi connectivity index (χ0n) is 15.8. The molecule has 5 rings (SSSR count). The third-order valence-electron chi connectivity index (χ3n) is 5.50. The van der Waals surface area contributed by atoms with Crippen molar-refractivity contribution in [3.63, 3.8) is 0 Å². The van der Waals surface area contributed by atoms with Crippen LogP contribution in [0.4, 0.5) is 22.3 Å². The van der Waals surface area contributed by atoms with Crippen LogP contribution < -0.4 is 9.80 Å². The van der Waals surface area contributed by atoms with E-state index in [1.165, 1.54) is 11.3 Å². The smallest absolute Gasteiger partial charge is 0.307 e. The molecule has 156 valence electrons. The van der Waals surface area contributed by atoms with Crippen LogP contribution in [0.25, 0.3) is 21.5 Å². The van der Waals surface area contributed by atoms with Gasteiger partial charge in [0.15, 0.2) is 10.6 Å². The second kappa shape index (κ2) is 7.16. The second-order valence-electron chi connectivity index (χ2n) is 7.30. The summed E-state index contributed by atoms with van der Waals surface area (Å²) in [6, 6.07) is 0.935. The summed E-state index contributed by atoms with van der Waals surface area (Å²) in [5.41, 5.74) is -0.834. The van der Waals surface area contributed by atoms with Crippen LogP contribution in [0.3, 0.4) is 0 Å². The zero-order chi connectivity index (χ0) is 20.8. The minimum atomic E-state index is -0.715. The molecule has 2 fully saturated rings. The molecular weight excluding hydrogens is 414 g/mol. The van der Waals surface area contributed by atoms with Crippen LogP contribution in [0.1, 0.15) is 25.7 Å². The molecule has 30 heavy (non-hydrogen) atoms. The Morgan fingerprint density at radius 1 is 0.900 bits per heavy atom. The number of hydrogen-bond donors (Lipinski definition) is 0. The molecule has 0 spiro atoms. The van der Waals surface area contributed by atoms with Crippen LogP contribution in [0.15, 0.2) is 10.7 Å². The lowest BCUT2D eigenvalue weighted by Gasteiger charge is -2.16. The maximum Gasteiger partial charge on any atom is 0.307 e. The van der Waals surface area contributed by atoms with Crippen molar-refractivity contribution in [2.75, 3.05) is 36.0 Å². The number of fused-ring (bicyclic) bond motifs is 1.